The van der Waals surface area contributed by atoms with Crippen LogP contribution in [0, 0.1) is 11.6 Å². The summed E-state index contributed by atoms with van der Waals surface area (Å²) in [6.07, 6.45) is 0.438. The summed E-state index contributed by atoms with van der Waals surface area (Å²) in [6, 6.07) is 3.14. The minimum absolute atomic E-state index is 0.0348. The molecular weight excluding hydrogens is 302 g/mol. The third-order valence-corrected chi connectivity index (χ3v) is 3.30. The Hall–Kier alpha value is -1.50. The minimum Gasteiger partial charge on any atom is -0.386 e. The molecule has 4 nitrogen and oxygen atoms in total. The van der Waals surface area contributed by atoms with Crippen molar-refractivity contribution in [3.63, 3.8) is 0 Å². The zero-order chi connectivity index (χ0) is 15.4. The average molecular weight is 317 g/mol. The Morgan fingerprint density at radius 2 is 2.00 bits per heavy atom. The molecule has 7 heteroatoms. The number of methoxy groups -OCH3 is 1. The molecule has 0 spiro atoms. The molecule has 1 N–H and O–H groups in total. The summed E-state index contributed by atoms with van der Waals surface area (Å²) in [7, 11) is 1.55. The first-order valence-corrected chi connectivity index (χ1v) is 6.72. The van der Waals surface area contributed by atoms with Gasteiger partial charge in [-0.2, -0.15) is 5.10 Å². The van der Waals surface area contributed by atoms with E-state index >= 15 is 0 Å². The van der Waals surface area contributed by atoms with Crippen molar-refractivity contribution in [1.82, 2.24) is 9.78 Å². The van der Waals surface area contributed by atoms with Gasteiger partial charge in [0.25, 0.3) is 0 Å². The molecule has 1 heterocycles. The van der Waals surface area contributed by atoms with Crippen molar-refractivity contribution in [2.75, 3.05) is 13.7 Å². The fourth-order valence-electron chi connectivity index (χ4n) is 2.11. The van der Waals surface area contributed by atoms with Gasteiger partial charge in [0.05, 0.1) is 30.1 Å². The lowest BCUT2D eigenvalue weighted by Crippen LogP contribution is -2.14. The monoisotopic (exact) mass is 316 g/mol. The zero-order valence-electron chi connectivity index (χ0n) is 11.4. The van der Waals surface area contributed by atoms with E-state index in [0.29, 0.717) is 29.4 Å². The third kappa shape index (κ3) is 4.00. The van der Waals surface area contributed by atoms with Crippen LogP contribution in [0.1, 0.15) is 17.4 Å². The minimum atomic E-state index is -1.02. The molecule has 1 atom stereocenters. The maximum absolute atomic E-state index is 13.2. The summed E-state index contributed by atoms with van der Waals surface area (Å²) < 4.78 is 32.8. The van der Waals surface area contributed by atoms with Crippen molar-refractivity contribution >= 4 is 11.6 Å². The van der Waals surface area contributed by atoms with Crippen LogP contribution in [0.25, 0.3) is 0 Å². The lowest BCUT2D eigenvalue weighted by Gasteiger charge is -2.14. The van der Waals surface area contributed by atoms with Crippen LogP contribution in [0.3, 0.4) is 0 Å². The first-order chi connectivity index (χ1) is 10.0. The number of ether oxygens (including phenoxy) is 1. The van der Waals surface area contributed by atoms with Crippen LogP contribution in [-0.2, 0) is 17.7 Å². The van der Waals surface area contributed by atoms with E-state index in [0.717, 1.165) is 6.07 Å². The smallest absolute Gasteiger partial charge is 0.126 e. The van der Waals surface area contributed by atoms with Crippen molar-refractivity contribution in [3.8, 4) is 0 Å². The van der Waals surface area contributed by atoms with Gasteiger partial charge in [-0.3, -0.25) is 4.68 Å². The molecule has 0 fully saturated rings. The van der Waals surface area contributed by atoms with Gasteiger partial charge >= 0.3 is 0 Å². The second-order valence-corrected chi connectivity index (χ2v) is 5.00. The Morgan fingerprint density at radius 3 is 2.62 bits per heavy atom. The average Bonchev–Trinajstić information content (AvgIpc) is 2.76. The molecule has 0 bridgehead atoms. The van der Waals surface area contributed by atoms with Crippen molar-refractivity contribution in [3.05, 3.63) is 52.3 Å². The van der Waals surface area contributed by atoms with E-state index in [1.807, 2.05) is 0 Å². The molecule has 2 rings (SSSR count). The lowest BCUT2D eigenvalue weighted by molar-refractivity contribution is 0.153. The van der Waals surface area contributed by atoms with Crippen molar-refractivity contribution in [1.29, 1.82) is 0 Å². The van der Waals surface area contributed by atoms with Crippen LogP contribution in [-0.4, -0.2) is 28.6 Å². The second kappa shape index (κ2) is 6.98. The topological polar surface area (TPSA) is 47.3 Å². The molecule has 114 valence electrons. The van der Waals surface area contributed by atoms with Gasteiger partial charge in [-0.05, 0) is 17.7 Å². The fourth-order valence-corrected chi connectivity index (χ4v) is 2.38. The molecule has 2 aromatic rings. The van der Waals surface area contributed by atoms with E-state index in [4.69, 9.17) is 16.3 Å². The summed E-state index contributed by atoms with van der Waals surface area (Å²) in [5, 5.41) is 14.6. The van der Waals surface area contributed by atoms with Crippen LogP contribution in [0.15, 0.2) is 24.4 Å². The Labute approximate surface area is 125 Å². The molecule has 0 saturated heterocycles. The molecule has 0 aliphatic heterocycles. The summed E-state index contributed by atoms with van der Waals surface area (Å²) in [5.41, 5.74) is 0.744. The molecule has 1 aromatic heterocycles. The summed E-state index contributed by atoms with van der Waals surface area (Å²) in [5.74, 6) is -1.37. The normalized spacial score (nSPS) is 12.6. The number of hydrogen-bond acceptors (Lipinski definition) is 3. The number of aliphatic hydroxyl groups excluding tert-OH is 1. The van der Waals surface area contributed by atoms with Crippen molar-refractivity contribution in [2.24, 2.45) is 0 Å². The molecule has 0 radical (unpaired) electrons. The second-order valence-electron chi connectivity index (χ2n) is 4.59. The van der Waals surface area contributed by atoms with E-state index in [-0.39, 0.29) is 6.42 Å². The predicted octanol–water partition coefficient (Wildman–Crippen LogP) is 2.74. The summed E-state index contributed by atoms with van der Waals surface area (Å²) in [4.78, 5) is 0. The Morgan fingerprint density at radius 1 is 1.33 bits per heavy atom. The van der Waals surface area contributed by atoms with Gasteiger partial charge < -0.3 is 9.84 Å². The predicted molar refractivity (Wildman–Crippen MR) is 74.1 cm³/mol. The lowest BCUT2D eigenvalue weighted by atomic mass is 10.1. The van der Waals surface area contributed by atoms with Gasteiger partial charge in [-0.1, -0.05) is 11.6 Å². The molecule has 0 aliphatic carbocycles. The zero-order valence-corrected chi connectivity index (χ0v) is 12.1. The summed E-state index contributed by atoms with van der Waals surface area (Å²) in [6.45, 7) is 0.833. The third-order valence-electron chi connectivity index (χ3n) is 3.01. The maximum Gasteiger partial charge on any atom is 0.126 e. The highest BCUT2D eigenvalue weighted by Gasteiger charge is 2.19. The van der Waals surface area contributed by atoms with E-state index in [9.17, 15) is 13.9 Å². The number of halogens is 3. The fraction of sp³-hybridized carbons (Fsp3) is 0.357. The quantitative estimate of drug-likeness (QED) is 0.891. The molecule has 21 heavy (non-hydrogen) atoms. The molecule has 0 saturated carbocycles. The van der Waals surface area contributed by atoms with Gasteiger partial charge in [0.2, 0.25) is 0 Å². The highest BCUT2D eigenvalue weighted by Crippen LogP contribution is 2.26. The van der Waals surface area contributed by atoms with Crippen LogP contribution < -0.4 is 0 Å². The van der Waals surface area contributed by atoms with E-state index in [2.05, 4.69) is 5.10 Å². The number of aliphatic hydroxyl groups is 1. The van der Waals surface area contributed by atoms with Gasteiger partial charge in [0, 0.05) is 19.6 Å². The van der Waals surface area contributed by atoms with Crippen molar-refractivity contribution in [2.45, 2.75) is 19.1 Å². The number of hydrogen-bond donors (Lipinski definition) is 1. The van der Waals surface area contributed by atoms with Gasteiger partial charge in [0.1, 0.15) is 17.7 Å². The highest BCUT2D eigenvalue weighted by atomic mass is 35.5. The molecular formula is C14H15ClF2N2O2. The number of aromatic nitrogens is 2. The van der Waals surface area contributed by atoms with Crippen LogP contribution in [0.4, 0.5) is 8.78 Å². The first-order valence-electron chi connectivity index (χ1n) is 6.34. The molecule has 1 aromatic carbocycles. The van der Waals surface area contributed by atoms with Gasteiger partial charge in [-0.25, -0.2) is 8.78 Å². The number of rotatable bonds is 6. The molecule has 0 aliphatic rings. The van der Waals surface area contributed by atoms with Gasteiger partial charge in [0.15, 0.2) is 0 Å². The Kier molecular flexibility index (Phi) is 5.27. The van der Waals surface area contributed by atoms with E-state index in [1.165, 1.54) is 23.0 Å². The van der Waals surface area contributed by atoms with Crippen LogP contribution in [0.2, 0.25) is 5.02 Å². The summed E-state index contributed by atoms with van der Waals surface area (Å²) >= 11 is 6.02. The van der Waals surface area contributed by atoms with Crippen molar-refractivity contribution < 1.29 is 18.6 Å². The molecule has 0 amide bonds. The SMILES string of the molecule is COCCn1ncc(Cl)c1C(O)Cc1cc(F)cc(F)c1. The number of benzene rings is 1. The maximum atomic E-state index is 13.2. The highest BCUT2D eigenvalue weighted by molar-refractivity contribution is 6.31. The van der Waals surface area contributed by atoms with E-state index in [1.54, 1.807) is 7.11 Å². The standard InChI is InChI=1S/C14H15ClF2N2O2/c1-21-3-2-19-14(12(15)8-18-19)13(20)6-9-4-10(16)7-11(17)5-9/h4-5,7-8,13,20H,2-3,6H2,1H3. The molecule has 1 unspecified atom stereocenters. The largest absolute Gasteiger partial charge is 0.386 e. The Balaban J connectivity index is 2.19. The first kappa shape index (κ1) is 15.9. The van der Waals surface area contributed by atoms with E-state index < -0.39 is 17.7 Å². The van der Waals surface area contributed by atoms with Crippen LogP contribution >= 0.6 is 11.6 Å². The number of nitrogens with zero attached hydrogens (tertiary/aromatic N) is 2. The van der Waals surface area contributed by atoms with Gasteiger partial charge in [-0.15, -0.1) is 0 Å². The van der Waals surface area contributed by atoms with Crippen LogP contribution in [0.5, 0.6) is 0 Å². The Bertz CT molecular complexity index is 599.